The highest BCUT2D eigenvalue weighted by Gasteiger charge is 2.29. The Balaban J connectivity index is 1.50. The van der Waals surface area contributed by atoms with Crippen LogP contribution in [0.2, 0.25) is 0 Å². The van der Waals surface area contributed by atoms with Crippen LogP contribution in [0.5, 0.6) is 0 Å². The maximum atomic E-state index is 14.5. The molecule has 1 saturated heterocycles. The molecule has 2 fully saturated rings. The zero-order chi connectivity index (χ0) is 26.1. The van der Waals surface area contributed by atoms with Gasteiger partial charge >= 0.3 is 0 Å². The Labute approximate surface area is 212 Å². The molecule has 9 nitrogen and oxygen atoms in total. The van der Waals surface area contributed by atoms with E-state index < -0.39 is 23.1 Å². The van der Waals surface area contributed by atoms with E-state index in [0.717, 1.165) is 19.3 Å². The third-order valence-corrected chi connectivity index (χ3v) is 7.30. The first-order valence-corrected chi connectivity index (χ1v) is 12.6. The molecule has 0 unspecified atom stereocenters. The molecule has 1 aliphatic heterocycles. The van der Waals surface area contributed by atoms with Crippen LogP contribution in [0.25, 0.3) is 11.2 Å². The average Bonchev–Trinajstić information content (AvgIpc) is 3.20. The van der Waals surface area contributed by atoms with Gasteiger partial charge < -0.3 is 21.1 Å². The summed E-state index contributed by atoms with van der Waals surface area (Å²) in [4.78, 5) is 25.1. The Hall–Kier alpha value is -3.41. The lowest BCUT2D eigenvalue weighted by atomic mass is 9.84. The van der Waals surface area contributed by atoms with E-state index in [-0.39, 0.29) is 35.8 Å². The Morgan fingerprint density at radius 1 is 1.14 bits per heavy atom. The summed E-state index contributed by atoms with van der Waals surface area (Å²) >= 11 is 0. The molecule has 198 valence electrons. The van der Waals surface area contributed by atoms with Crippen molar-refractivity contribution in [3.63, 3.8) is 0 Å². The summed E-state index contributed by atoms with van der Waals surface area (Å²) in [5.41, 5.74) is 5.86. The maximum absolute atomic E-state index is 14.5. The van der Waals surface area contributed by atoms with Crippen molar-refractivity contribution in [3.8, 4) is 0 Å². The largest absolute Gasteiger partial charge is 0.381 e. The quantitative estimate of drug-likeness (QED) is 0.424. The van der Waals surface area contributed by atoms with Crippen molar-refractivity contribution in [3.05, 3.63) is 35.8 Å². The van der Waals surface area contributed by atoms with Crippen LogP contribution in [-0.4, -0.2) is 44.7 Å². The second-order valence-electron chi connectivity index (χ2n) is 10.0. The fourth-order valence-electron chi connectivity index (χ4n) is 5.32. The lowest BCUT2D eigenvalue weighted by Crippen LogP contribution is -2.36. The third kappa shape index (κ3) is 5.48. The Kier molecular flexibility index (Phi) is 7.18. The van der Waals surface area contributed by atoms with E-state index in [9.17, 15) is 18.0 Å². The van der Waals surface area contributed by atoms with Gasteiger partial charge in [-0.15, -0.1) is 0 Å². The number of nitrogens with one attached hydrogen (secondary N) is 2. The molecule has 12 heteroatoms. The number of nitrogens with zero attached hydrogens (tertiary/aromatic N) is 4. The molecule has 1 aromatic carbocycles. The van der Waals surface area contributed by atoms with Gasteiger partial charge in [-0.25, -0.2) is 23.1 Å². The van der Waals surface area contributed by atoms with Gasteiger partial charge in [0, 0.05) is 37.2 Å². The van der Waals surface area contributed by atoms with Crippen LogP contribution in [0.15, 0.2) is 18.3 Å². The van der Waals surface area contributed by atoms with Gasteiger partial charge in [0.2, 0.25) is 17.8 Å². The standard InChI is InChI=1S/C25H30F3N7O2/c1-13-12-37-7-6-19(13)31-24-30-11-20-23(34-24)35(16-4-2-14(3-5-16)8-21(29)36)25(32-20)33-22-17(27)9-15(26)10-18(22)28/h9-11,13-14,16,19H,2-8,12H2,1H3,(H2,29,36)(H,32,33)(H,30,31,34)/t13-,14?,16?,19-/m0/s1. The molecule has 1 saturated carbocycles. The minimum atomic E-state index is -1.07. The van der Waals surface area contributed by atoms with Crippen molar-refractivity contribution in [1.29, 1.82) is 0 Å². The molecule has 4 N–H and O–H groups in total. The van der Waals surface area contributed by atoms with Gasteiger partial charge in [0.25, 0.3) is 0 Å². The highest BCUT2D eigenvalue weighted by atomic mass is 19.1. The molecule has 2 aromatic heterocycles. The van der Waals surface area contributed by atoms with Gasteiger partial charge in [0.05, 0.1) is 12.8 Å². The molecule has 37 heavy (non-hydrogen) atoms. The highest BCUT2D eigenvalue weighted by Crippen LogP contribution is 2.38. The number of imidazole rings is 1. The number of benzene rings is 1. The Morgan fingerprint density at radius 2 is 1.86 bits per heavy atom. The van der Waals surface area contributed by atoms with Gasteiger partial charge in [0.1, 0.15) is 17.0 Å². The fraction of sp³-hybridized carbons (Fsp3) is 0.520. The molecule has 0 radical (unpaired) electrons. The minimum Gasteiger partial charge on any atom is -0.381 e. The lowest BCUT2D eigenvalue weighted by molar-refractivity contribution is -0.119. The number of amides is 1. The number of fused-ring (bicyclic) bond motifs is 1. The number of aromatic nitrogens is 4. The smallest absolute Gasteiger partial charge is 0.224 e. The van der Waals surface area contributed by atoms with Crippen LogP contribution in [0.1, 0.15) is 51.5 Å². The first-order chi connectivity index (χ1) is 17.8. The number of hydrogen-bond donors (Lipinski definition) is 3. The molecule has 0 bridgehead atoms. The zero-order valence-electron chi connectivity index (χ0n) is 20.5. The van der Waals surface area contributed by atoms with Crippen LogP contribution in [0.3, 0.4) is 0 Å². The molecule has 2 atom stereocenters. The SMILES string of the molecule is C[C@H]1COCC[C@@H]1Nc1ncc2nc(Nc3c(F)cc(F)cc3F)n(C3CCC(CC(N)=O)CC3)c2n1. The van der Waals surface area contributed by atoms with Crippen LogP contribution < -0.4 is 16.4 Å². The molecule has 3 heterocycles. The Morgan fingerprint density at radius 3 is 2.54 bits per heavy atom. The van der Waals surface area contributed by atoms with E-state index in [4.69, 9.17) is 15.5 Å². The number of carbonyl (C=O) groups excluding carboxylic acids is 1. The van der Waals surface area contributed by atoms with Gasteiger partial charge in [0.15, 0.2) is 17.3 Å². The van der Waals surface area contributed by atoms with Crippen molar-refractivity contribution in [1.82, 2.24) is 19.5 Å². The second-order valence-corrected chi connectivity index (χ2v) is 10.0. The van der Waals surface area contributed by atoms with Crippen LogP contribution in [-0.2, 0) is 9.53 Å². The Bertz CT molecular complexity index is 1270. The molecular formula is C25H30F3N7O2. The number of anilines is 3. The van der Waals surface area contributed by atoms with Crippen LogP contribution in [0.4, 0.5) is 30.8 Å². The van der Waals surface area contributed by atoms with Crippen molar-refractivity contribution < 1.29 is 22.7 Å². The van der Waals surface area contributed by atoms with Gasteiger partial charge in [-0.1, -0.05) is 6.92 Å². The van der Waals surface area contributed by atoms with E-state index in [2.05, 4.69) is 27.5 Å². The lowest BCUT2D eigenvalue weighted by Gasteiger charge is -2.30. The summed E-state index contributed by atoms with van der Waals surface area (Å²) < 4.78 is 49.8. The van der Waals surface area contributed by atoms with Crippen molar-refractivity contribution in [2.24, 2.45) is 17.6 Å². The van der Waals surface area contributed by atoms with Gasteiger partial charge in [-0.2, -0.15) is 4.98 Å². The number of hydrogen-bond acceptors (Lipinski definition) is 7. The average molecular weight is 518 g/mol. The van der Waals surface area contributed by atoms with E-state index in [1.807, 2.05) is 4.57 Å². The number of carbonyl (C=O) groups is 1. The predicted molar refractivity (Wildman–Crippen MR) is 132 cm³/mol. The van der Waals surface area contributed by atoms with Gasteiger partial charge in [-0.3, -0.25) is 9.36 Å². The van der Waals surface area contributed by atoms with E-state index in [1.54, 1.807) is 6.20 Å². The van der Waals surface area contributed by atoms with Crippen molar-refractivity contribution in [2.75, 3.05) is 23.8 Å². The van der Waals surface area contributed by atoms with Crippen molar-refractivity contribution >= 4 is 34.7 Å². The van der Waals surface area contributed by atoms with E-state index in [1.165, 1.54) is 0 Å². The molecule has 3 aromatic rings. The summed E-state index contributed by atoms with van der Waals surface area (Å²) in [6, 6.07) is 1.29. The predicted octanol–water partition coefficient (Wildman–Crippen LogP) is 4.43. The zero-order valence-corrected chi connectivity index (χ0v) is 20.5. The number of nitrogens with two attached hydrogens (primary N) is 1. The first kappa shape index (κ1) is 25.2. The maximum Gasteiger partial charge on any atom is 0.224 e. The van der Waals surface area contributed by atoms with Gasteiger partial charge in [-0.05, 0) is 43.9 Å². The van der Waals surface area contributed by atoms with Crippen molar-refractivity contribution in [2.45, 2.75) is 57.5 Å². The summed E-state index contributed by atoms with van der Waals surface area (Å²) in [6.45, 7) is 3.40. The number of ether oxygens (including phenoxy) is 1. The number of primary amides is 1. The first-order valence-electron chi connectivity index (χ1n) is 12.6. The second kappa shape index (κ2) is 10.5. The molecular weight excluding hydrogens is 487 g/mol. The van der Waals surface area contributed by atoms with Crippen LogP contribution >= 0.6 is 0 Å². The molecule has 0 spiro atoms. The van der Waals surface area contributed by atoms with Crippen LogP contribution in [0, 0.1) is 29.3 Å². The number of rotatable bonds is 7. The third-order valence-electron chi connectivity index (χ3n) is 7.30. The minimum absolute atomic E-state index is 0.0899. The topological polar surface area (TPSA) is 120 Å². The molecule has 1 aliphatic carbocycles. The summed E-state index contributed by atoms with van der Waals surface area (Å²) in [5.74, 6) is -2.39. The molecule has 2 aliphatic rings. The number of halogens is 3. The normalized spacial score (nSPS) is 24.2. The van der Waals surface area contributed by atoms with E-state index in [0.29, 0.717) is 61.7 Å². The summed E-state index contributed by atoms with van der Waals surface area (Å²) in [7, 11) is 0. The molecule has 1 amide bonds. The monoisotopic (exact) mass is 517 g/mol. The fourth-order valence-corrected chi connectivity index (χ4v) is 5.32. The summed E-state index contributed by atoms with van der Waals surface area (Å²) in [5, 5.41) is 6.12. The summed E-state index contributed by atoms with van der Waals surface area (Å²) in [6.07, 6.45) is 5.66. The molecule has 5 rings (SSSR count). The highest BCUT2D eigenvalue weighted by molar-refractivity contribution is 5.77. The van der Waals surface area contributed by atoms with E-state index >= 15 is 0 Å².